The average Bonchev–Trinajstić information content (AvgIpc) is 2.79. The molecule has 0 saturated heterocycles. The van der Waals surface area contributed by atoms with Gasteiger partial charge in [-0.3, -0.25) is 4.79 Å². The summed E-state index contributed by atoms with van der Waals surface area (Å²) in [5, 5.41) is 2.61. The number of hydrogen-bond acceptors (Lipinski definition) is 4. The summed E-state index contributed by atoms with van der Waals surface area (Å²) >= 11 is 0. The minimum Gasteiger partial charge on any atom is -0.348 e. The molecule has 1 unspecified atom stereocenters. The highest BCUT2D eigenvalue weighted by molar-refractivity contribution is 5.84. The molecule has 1 aromatic rings. The maximum absolute atomic E-state index is 11.7. The Morgan fingerprint density at radius 2 is 2.35 bits per heavy atom. The van der Waals surface area contributed by atoms with Gasteiger partial charge in [-0.25, -0.2) is 4.98 Å². The Morgan fingerprint density at radius 1 is 1.65 bits per heavy atom. The Balaban J connectivity index is 2.52. The summed E-state index contributed by atoms with van der Waals surface area (Å²) in [7, 11) is 0. The fraction of sp³-hybridized carbons (Fsp3) is 0.545. The number of carbonyl (C=O) groups excluding carboxylic acids is 2. The van der Waals surface area contributed by atoms with Crippen molar-refractivity contribution in [1.82, 2.24) is 15.3 Å². The van der Waals surface area contributed by atoms with E-state index >= 15 is 0 Å². The molecule has 0 fully saturated rings. The predicted octanol–water partition coefficient (Wildman–Crippen LogP) is -0.381. The van der Waals surface area contributed by atoms with E-state index in [9.17, 15) is 9.59 Å². The smallest absolute Gasteiger partial charge is 0.237 e. The van der Waals surface area contributed by atoms with E-state index in [4.69, 9.17) is 5.73 Å². The van der Waals surface area contributed by atoms with Gasteiger partial charge in [-0.2, -0.15) is 0 Å². The molecule has 4 N–H and O–H groups in total. The summed E-state index contributed by atoms with van der Waals surface area (Å²) in [6.45, 7) is 3.71. The molecule has 94 valence electrons. The lowest BCUT2D eigenvalue weighted by molar-refractivity contribution is -0.125. The van der Waals surface area contributed by atoms with Crippen LogP contribution in [0.1, 0.15) is 19.5 Å². The Kier molecular flexibility index (Phi) is 4.84. The molecule has 0 radical (unpaired) electrons. The topological polar surface area (TPSA) is 101 Å². The summed E-state index contributed by atoms with van der Waals surface area (Å²) in [5.74, 6) is -0.272. The number of nitrogens with zero attached hydrogens (tertiary/aromatic N) is 1. The van der Waals surface area contributed by atoms with Crippen molar-refractivity contribution in [3.05, 3.63) is 18.2 Å². The first-order valence-corrected chi connectivity index (χ1v) is 5.53. The summed E-state index contributed by atoms with van der Waals surface area (Å²) in [6.07, 6.45) is 4.23. The third kappa shape index (κ3) is 3.99. The standard InChI is InChI=1S/C11H18N4O2/c1-7(2)10(12)11(17)15-9(5-16)3-8-4-13-6-14-8/h4-7,9-10H,3,12H2,1-2H3,(H,13,14)(H,15,17)/t9-,10?/m1/s1. The zero-order valence-electron chi connectivity index (χ0n) is 10.0. The monoisotopic (exact) mass is 238 g/mol. The molecule has 1 amide bonds. The van der Waals surface area contributed by atoms with Crippen LogP contribution in [0.2, 0.25) is 0 Å². The number of aromatic amines is 1. The van der Waals surface area contributed by atoms with Crippen molar-refractivity contribution in [2.24, 2.45) is 11.7 Å². The van der Waals surface area contributed by atoms with Gasteiger partial charge in [0.1, 0.15) is 6.29 Å². The van der Waals surface area contributed by atoms with E-state index < -0.39 is 12.1 Å². The third-order valence-corrected chi connectivity index (χ3v) is 2.51. The molecule has 0 aliphatic carbocycles. The molecule has 1 aromatic heterocycles. The Morgan fingerprint density at radius 3 is 2.82 bits per heavy atom. The number of nitrogens with two attached hydrogens (primary N) is 1. The predicted molar refractivity (Wildman–Crippen MR) is 63.1 cm³/mol. The van der Waals surface area contributed by atoms with Gasteiger partial charge in [-0.1, -0.05) is 13.8 Å². The second-order valence-electron chi connectivity index (χ2n) is 4.30. The Hall–Kier alpha value is -1.69. The molecular formula is C11H18N4O2. The number of nitrogens with one attached hydrogen (secondary N) is 2. The van der Waals surface area contributed by atoms with Gasteiger partial charge in [0.05, 0.1) is 18.4 Å². The first-order chi connectivity index (χ1) is 8.04. The summed E-state index contributed by atoms with van der Waals surface area (Å²) in [4.78, 5) is 29.2. The lowest BCUT2D eigenvalue weighted by atomic mass is 10.0. The van der Waals surface area contributed by atoms with Crippen LogP contribution in [-0.2, 0) is 16.0 Å². The molecule has 0 aromatic carbocycles. The first kappa shape index (κ1) is 13.4. The van der Waals surface area contributed by atoms with Crippen molar-refractivity contribution >= 4 is 12.2 Å². The van der Waals surface area contributed by atoms with Crippen LogP contribution in [0, 0.1) is 5.92 Å². The molecule has 6 nitrogen and oxygen atoms in total. The molecular weight excluding hydrogens is 220 g/mol. The second-order valence-corrected chi connectivity index (χ2v) is 4.30. The van der Waals surface area contributed by atoms with Crippen molar-refractivity contribution in [2.75, 3.05) is 0 Å². The largest absolute Gasteiger partial charge is 0.348 e. The maximum Gasteiger partial charge on any atom is 0.237 e. The van der Waals surface area contributed by atoms with E-state index in [1.807, 2.05) is 13.8 Å². The molecule has 1 rings (SSSR count). The van der Waals surface area contributed by atoms with Crippen LogP contribution in [0.15, 0.2) is 12.5 Å². The zero-order chi connectivity index (χ0) is 12.8. The van der Waals surface area contributed by atoms with E-state index in [1.165, 1.54) is 6.33 Å². The van der Waals surface area contributed by atoms with Crippen molar-refractivity contribution in [1.29, 1.82) is 0 Å². The van der Waals surface area contributed by atoms with Crippen molar-refractivity contribution in [2.45, 2.75) is 32.4 Å². The molecule has 1 heterocycles. The second kappa shape index (κ2) is 6.15. The van der Waals surface area contributed by atoms with Crippen molar-refractivity contribution in [3.8, 4) is 0 Å². The van der Waals surface area contributed by atoms with E-state index in [1.54, 1.807) is 6.20 Å². The number of H-pyrrole nitrogens is 1. The van der Waals surface area contributed by atoms with Gasteiger partial charge in [0.2, 0.25) is 5.91 Å². The number of imidazole rings is 1. The van der Waals surface area contributed by atoms with Gasteiger partial charge in [0, 0.05) is 18.3 Å². The van der Waals surface area contributed by atoms with E-state index in [2.05, 4.69) is 15.3 Å². The number of aromatic nitrogens is 2. The lowest BCUT2D eigenvalue weighted by Crippen LogP contribution is -2.49. The van der Waals surface area contributed by atoms with E-state index in [0.717, 1.165) is 5.69 Å². The summed E-state index contributed by atoms with van der Waals surface area (Å²) in [6, 6.07) is -1.17. The Bertz CT molecular complexity index is 362. The molecule has 0 aliphatic heterocycles. The molecule has 6 heteroatoms. The average molecular weight is 238 g/mol. The number of rotatable bonds is 6. The maximum atomic E-state index is 11.7. The number of aldehydes is 1. The van der Waals surface area contributed by atoms with Gasteiger partial charge >= 0.3 is 0 Å². The number of hydrogen-bond donors (Lipinski definition) is 3. The molecule has 0 bridgehead atoms. The van der Waals surface area contributed by atoms with E-state index in [-0.39, 0.29) is 11.8 Å². The van der Waals surface area contributed by atoms with Crippen molar-refractivity contribution < 1.29 is 9.59 Å². The molecule has 0 aliphatic rings. The quantitative estimate of drug-likeness (QED) is 0.588. The zero-order valence-corrected chi connectivity index (χ0v) is 10.0. The lowest BCUT2D eigenvalue weighted by Gasteiger charge is -2.18. The SMILES string of the molecule is CC(C)C(N)C(=O)N[C@@H](C=O)Cc1cnc[nH]1. The molecule has 2 atom stereocenters. The van der Waals surface area contributed by atoms with Gasteiger partial charge in [-0.15, -0.1) is 0 Å². The minimum atomic E-state index is -0.598. The van der Waals surface area contributed by atoms with Crippen LogP contribution < -0.4 is 11.1 Å². The first-order valence-electron chi connectivity index (χ1n) is 5.53. The Labute approximate surface area is 100.0 Å². The van der Waals surface area contributed by atoms with Crippen LogP contribution >= 0.6 is 0 Å². The van der Waals surface area contributed by atoms with Gasteiger partial charge in [-0.05, 0) is 5.92 Å². The number of carbonyl (C=O) groups is 2. The summed E-state index contributed by atoms with van der Waals surface area (Å²) in [5.41, 5.74) is 6.48. The van der Waals surface area contributed by atoms with Crippen LogP contribution in [0.5, 0.6) is 0 Å². The third-order valence-electron chi connectivity index (χ3n) is 2.51. The molecule has 0 saturated carbocycles. The fourth-order valence-electron chi connectivity index (χ4n) is 1.35. The molecule has 0 spiro atoms. The highest BCUT2D eigenvalue weighted by Crippen LogP contribution is 2.00. The number of amides is 1. The van der Waals surface area contributed by atoms with Crippen LogP contribution in [0.4, 0.5) is 0 Å². The van der Waals surface area contributed by atoms with Gasteiger partial charge in [0.15, 0.2) is 0 Å². The van der Waals surface area contributed by atoms with Crippen LogP contribution in [0.25, 0.3) is 0 Å². The normalized spacial score (nSPS) is 14.4. The fourth-order valence-corrected chi connectivity index (χ4v) is 1.35. The van der Waals surface area contributed by atoms with Gasteiger partial charge < -0.3 is 20.8 Å². The highest BCUT2D eigenvalue weighted by atomic mass is 16.2. The van der Waals surface area contributed by atoms with E-state index in [0.29, 0.717) is 12.7 Å². The molecule has 17 heavy (non-hydrogen) atoms. The van der Waals surface area contributed by atoms with Crippen LogP contribution in [-0.4, -0.2) is 34.2 Å². The van der Waals surface area contributed by atoms with Crippen molar-refractivity contribution in [3.63, 3.8) is 0 Å². The summed E-state index contributed by atoms with van der Waals surface area (Å²) < 4.78 is 0. The van der Waals surface area contributed by atoms with Crippen LogP contribution in [0.3, 0.4) is 0 Å². The highest BCUT2D eigenvalue weighted by Gasteiger charge is 2.20. The minimum absolute atomic E-state index is 0.0365. The van der Waals surface area contributed by atoms with Gasteiger partial charge in [0.25, 0.3) is 0 Å².